The zero-order chi connectivity index (χ0) is 13.2. The van der Waals surface area contributed by atoms with Crippen LogP contribution in [0.5, 0.6) is 0 Å². The van der Waals surface area contributed by atoms with E-state index in [0.717, 1.165) is 30.8 Å². The van der Waals surface area contributed by atoms with Gasteiger partial charge in [0.2, 0.25) is 11.8 Å². The molecule has 0 saturated heterocycles. The lowest BCUT2D eigenvalue weighted by Crippen LogP contribution is -2.20. The van der Waals surface area contributed by atoms with Crippen molar-refractivity contribution in [2.75, 3.05) is 13.1 Å². The summed E-state index contributed by atoms with van der Waals surface area (Å²) in [6.45, 7) is 3.56. The van der Waals surface area contributed by atoms with Gasteiger partial charge in [-0.3, -0.25) is 4.98 Å². The van der Waals surface area contributed by atoms with E-state index in [0.29, 0.717) is 16.8 Å². The molecule has 1 aliphatic heterocycles. The summed E-state index contributed by atoms with van der Waals surface area (Å²) < 4.78 is 5.36. The quantitative estimate of drug-likeness (QED) is 0.913. The van der Waals surface area contributed by atoms with Crippen LogP contribution in [0.1, 0.15) is 18.0 Å². The molecule has 0 aliphatic carbocycles. The molecule has 2 aromatic rings. The Kier molecular flexibility index (Phi) is 3.31. The number of rotatable bonds is 2. The summed E-state index contributed by atoms with van der Waals surface area (Å²) >= 11 is 6.31. The van der Waals surface area contributed by atoms with Crippen LogP contribution in [0.15, 0.2) is 22.8 Å². The molecule has 3 heterocycles. The zero-order valence-electron chi connectivity index (χ0n) is 10.5. The van der Waals surface area contributed by atoms with Gasteiger partial charge in [-0.25, -0.2) is 0 Å². The second-order valence-electron chi connectivity index (χ2n) is 4.36. The molecule has 0 radical (unpaired) electrons. The molecule has 98 valence electrons. The SMILES string of the molecule is Cc1nnc(-c2cnc(C3=CCNCC3)c(Cl)c2)o1. The van der Waals surface area contributed by atoms with Crippen LogP contribution in [-0.2, 0) is 0 Å². The fourth-order valence-corrected chi connectivity index (χ4v) is 2.33. The predicted octanol–water partition coefficient (Wildman–Crippen LogP) is 2.47. The zero-order valence-corrected chi connectivity index (χ0v) is 11.2. The maximum atomic E-state index is 6.31. The fourth-order valence-electron chi connectivity index (χ4n) is 2.04. The number of hydrogen-bond donors (Lipinski definition) is 1. The first-order valence-corrected chi connectivity index (χ1v) is 6.48. The maximum absolute atomic E-state index is 6.31. The molecule has 0 unspecified atom stereocenters. The Morgan fingerprint density at radius 1 is 1.37 bits per heavy atom. The summed E-state index contributed by atoms with van der Waals surface area (Å²) in [5.74, 6) is 0.967. The van der Waals surface area contributed by atoms with Crippen LogP contribution in [0.3, 0.4) is 0 Å². The third kappa shape index (κ3) is 2.52. The van der Waals surface area contributed by atoms with Crippen molar-refractivity contribution in [1.82, 2.24) is 20.5 Å². The Morgan fingerprint density at radius 2 is 2.26 bits per heavy atom. The van der Waals surface area contributed by atoms with Crippen molar-refractivity contribution < 1.29 is 4.42 Å². The maximum Gasteiger partial charge on any atom is 0.249 e. The highest BCUT2D eigenvalue weighted by atomic mass is 35.5. The van der Waals surface area contributed by atoms with Gasteiger partial charge < -0.3 is 9.73 Å². The second-order valence-corrected chi connectivity index (χ2v) is 4.77. The van der Waals surface area contributed by atoms with Crippen molar-refractivity contribution in [3.05, 3.63) is 34.9 Å². The van der Waals surface area contributed by atoms with E-state index >= 15 is 0 Å². The Hall–Kier alpha value is -1.72. The number of halogens is 1. The minimum atomic E-state index is 0.442. The highest BCUT2D eigenvalue weighted by Gasteiger charge is 2.14. The molecule has 1 aliphatic rings. The van der Waals surface area contributed by atoms with Crippen LogP contribution in [0, 0.1) is 6.92 Å². The van der Waals surface area contributed by atoms with E-state index < -0.39 is 0 Å². The van der Waals surface area contributed by atoms with Gasteiger partial charge in [-0.15, -0.1) is 10.2 Å². The summed E-state index contributed by atoms with van der Waals surface area (Å²) in [5, 5.41) is 11.6. The molecular formula is C13H13ClN4O. The van der Waals surface area contributed by atoms with E-state index in [9.17, 15) is 0 Å². The van der Waals surface area contributed by atoms with Crippen molar-refractivity contribution in [3.8, 4) is 11.5 Å². The summed E-state index contributed by atoms with van der Waals surface area (Å²) in [7, 11) is 0. The van der Waals surface area contributed by atoms with Crippen molar-refractivity contribution in [2.24, 2.45) is 0 Å². The van der Waals surface area contributed by atoms with Gasteiger partial charge in [0.25, 0.3) is 0 Å². The van der Waals surface area contributed by atoms with Gasteiger partial charge in [0.05, 0.1) is 16.3 Å². The van der Waals surface area contributed by atoms with Gasteiger partial charge in [0.1, 0.15) is 0 Å². The van der Waals surface area contributed by atoms with Crippen LogP contribution in [0.2, 0.25) is 5.02 Å². The number of pyridine rings is 1. The molecule has 2 aromatic heterocycles. The molecule has 19 heavy (non-hydrogen) atoms. The summed E-state index contributed by atoms with van der Waals surface area (Å²) in [6, 6.07) is 1.82. The molecule has 3 rings (SSSR count). The number of nitrogens with zero attached hydrogens (tertiary/aromatic N) is 3. The molecule has 0 atom stereocenters. The average molecular weight is 277 g/mol. The lowest BCUT2D eigenvalue weighted by molar-refractivity contribution is 0.532. The first-order chi connectivity index (χ1) is 9.24. The highest BCUT2D eigenvalue weighted by Crippen LogP contribution is 2.28. The van der Waals surface area contributed by atoms with E-state index in [1.54, 1.807) is 13.1 Å². The molecule has 0 bridgehead atoms. The lowest BCUT2D eigenvalue weighted by Gasteiger charge is -2.14. The number of aromatic nitrogens is 3. The van der Waals surface area contributed by atoms with E-state index in [1.807, 2.05) is 6.07 Å². The summed E-state index contributed by atoms with van der Waals surface area (Å²) in [4.78, 5) is 4.43. The smallest absolute Gasteiger partial charge is 0.249 e. The molecule has 0 aromatic carbocycles. The van der Waals surface area contributed by atoms with Crippen LogP contribution in [0.4, 0.5) is 0 Å². The third-order valence-electron chi connectivity index (χ3n) is 2.98. The first-order valence-electron chi connectivity index (χ1n) is 6.10. The monoisotopic (exact) mass is 276 g/mol. The minimum Gasteiger partial charge on any atom is -0.421 e. The Bertz CT molecular complexity index is 635. The first kappa shape index (κ1) is 12.3. The van der Waals surface area contributed by atoms with Gasteiger partial charge in [-0.05, 0) is 24.6 Å². The highest BCUT2D eigenvalue weighted by molar-refractivity contribution is 6.32. The Balaban J connectivity index is 1.95. The summed E-state index contributed by atoms with van der Waals surface area (Å²) in [6.07, 6.45) is 4.77. The normalized spacial score (nSPS) is 15.4. The van der Waals surface area contributed by atoms with Crippen LogP contribution in [0.25, 0.3) is 17.0 Å². The summed E-state index contributed by atoms with van der Waals surface area (Å²) in [5.41, 5.74) is 2.75. The van der Waals surface area contributed by atoms with E-state index in [-0.39, 0.29) is 0 Å². The molecule has 0 spiro atoms. The Morgan fingerprint density at radius 3 is 2.89 bits per heavy atom. The topological polar surface area (TPSA) is 63.8 Å². The van der Waals surface area contributed by atoms with Gasteiger partial charge >= 0.3 is 0 Å². The molecular weight excluding hydrogens is 264 g/mol. The molecule has 6 heteroatoms. The predicted molar refractivity (Wildman–Crippen MR) is 72.7 cm³/mol. The largest absolute Gasteiger partial charge is 0.421 e. The standard InChI is InChI=1S/C13H13ClN4O/c1-8-17-18-13(19-8)10-6-11(14)12(16-7-10)9-2-4-15-5-3-9/h2,6-7,15H,3-5H2,1H3. The molecule has 0 saturated carbocycles. The Labute approximate surface area is 115 Å². The van der Waals surface area contributed by atoms with Gasteiger partial charge in [0.15, 0.2) is 0 Å². The number of aryl methyl sites for hydroxylation is 1. The van der Waals surface area contributed by atoms with Crippen molar-refractivity contribution in [2.45, 2.75) is 13.3 Å². The number of hydrogen-bond acceptors (Lipinski definition) is 5. The fraction of sp³-hybridized carbons (Fsp3) is 0.308. The number of nitrogens with one attached hydrogen (secondary N) is 1. The van der Waals surface area contributed by atoms with Crippen LogP contribution >= 0.6 is 11.6 Å². The van der Waals surface area contributed by atoms with Crippen LogP contribution < -0.4 is 5.32 Å². The van der Waals surface area contributed by atoms with E-state index in [1.165, 1.54) is 5.57 Å². The van der Waals surface area contributed by atoms with Crippen LogP contribution in [-0.4, -0.2) is 28.3 Å². The van der Waals surface area contributed by atoms with Crippen molar-refractivity contribution in [1.29, 1.82) is 0 Å². The lowest BCUT2D eigenvalue weighted by atomic mass is 10.0. The minimum absolute atomic E-state index is 0.442. The molecule has 5 nitrogen and oxygen atoms in total. The van der Waals surface area contributed by atoms with Gasteiger partial charge in [-0.1, -0.05) is 17.7 Å². The van der Waals surface area contributed by atoms with Gasteiger partial charge in [-0.2, -0.15) is 0 Å². The van der Waals surface area contributed by atoms with E-state index in [4.69, 9.17) is 16.0 Å². The van der Waals surface area contributed by atoms with Gasteiger partial charge in [0, 0.05) is 19.7 Å². The molecule has 1 N–H and O–H groups in total. The average Bonchev–Trinajstić information content (AvgIpc) is 2.86. The van der Waals surface area contributed by atoms with E-state index in [2.05, 4.69) is 26.6 Å². The van der Waals surface area contributed by atoms with Crippen molar-refractivity contribution >= 4 is 17.2 Å². The molecule has 0 fully saturated rings. The van der Waals surface area contributed by atoms with Crippen molar-refractivity contribution in [3.63, 3.8) is 0 Å². The third-order valence-corrected chi connectivity index (χ3v) is 3.27. The molecule has 0 amide bonds. The second kappa shape index (κ2) is 5.11.